The predicted molar refractivity (Wildman–Crippen MR) is 66.7 cm³/mol. The Labute approximate surface area is 97.1 Å². The van der Waals surface area contributed by atoms with Crippen LogP contribution in [0.2, 0.25) is 0 Å². The molecule has 90 valence electrons. The van der Waals surface area contributed by atoms with Crippen LogP contribution < -0.4 is 0 Å². The van der Waals surface area contributed by atoms with E-state index >= 15 is 0 Å². The van der Waals surface area contributed by atoms with Crippen molar-refractivity contribution in [3.8, 4) is 0 Å². The van der Waals surface area contributed by atoms with Crippen molar-refractivity contribution in [1.82, 2.24) is 0 Å². The molecule has 2 nitrogen and oxygen atoms in total. The lowest BCUT2D eigenvalue weighted by molar-refractivity contribution is 0.213. The Bertz CT molecular complexity index is 323. The van der Waals surface area contributed by atoms with Gasteiger partial charge in [0.1, 0.15) is 7.11 Å². The molecule has 0 atom stereocenters. The summed E-state index contributed by atoms with van der Waals surface area (Å²) in [5.74, 6) is 0. The first-order chi connectivity index (χ1) is 7.92. The van der Waals surface area contributed by atoms with E-state index in [2.05, 4.69) is 23.4 Å². The summed E-state index contributed by atoms with van der Waals surface area (Å²) in [4.78, 5) is 4.77. The molecule has 0 radical (unpaired) electrons. The molecule has 1 aliphatic carbocycles. The number of benzene rings is 1. The molecule has 0 spiro atoms. The van der Waals surface area contributed by atoms with Crippen molar-refractivity contribution < 1.29 is 9.23 Å². The Hall–Kier alpha value is -1.38. The highest BCUT2D eigenvalue weighted by atomic mass is 19.1. The third-order valence-electron chi connectivity index (χ3n) is 2.16. The highest BCUT2D eigenvalue weighted by molar-refractivity contribution is 6.04. The summed E-state index contributed by atoms with van der Waals surface area (Å²) < 4.78 is 9.50. The maximum absolute atomic E-state index is 9.50. The first-order valence-corrected chi connectivity index (χ1v) is 5.48. The van der Waals surface area contributed by atoms with Gasteiger partial charge in [-0.25, -0.2) is 0 Å². The van der Waals surface area contributed by atoms with Gasteiger partial charge < -0.3 is 4.84 Å². The highest BCUT2D eigenvalue weighted by Crippen LogP contribution is 2.21. The monoisotopic (exact) mass is 225 g/mol. The number of nitrogens with zero attached hydrogens (tertiary/aromatic N) is 1. The first-order valence-electron chi connectivity index (χ1n) is 5.48. The zero-order valence-corrected chi connectivity index (χ0v) is 10.5. The molecule has 0 aromatic heterocycles. The Morgan fingerprint density at radius 2 is 1.75 bits per heavy atom. The molecule has 3 heteroatoms. The Morgan fingerprint density at radius 3 is 2.38 bits per heavy atom. The summed E-state index contributed by atoms with van der Waals surface area (Å²) >= 11 is 0. The smallest absolute Gasteiger partial charge is 0.106 e. The van der Waals surface area contributed by atoms with Crippen molar-refractivity contribution in [3.63, 3.8) is 0 Å². The van der Waals surface area contributed by atoms with Crippen molar-refractivity contribution in [2.75, 3.05) is 14.3 Å². The van der Waals surface area contributed by atoms with Crippen LogP contribution in [0.1, 0.15) is 31.4 Å². The van der Waals surface area contributed by atoms with E-state index < -0.39 is 0 Å². The van der Waals surface area contributed by atoms with Crippen molar-refractivity contribution in [2.45, 2.75) is 26.7 Å². The van der Waals surface area contributed by atoms with Crippen molar-refractivity contribution >= 4 is 5.71 Å². The summed E-state index contributed by atoms with van der Waals surface area (Å²) in [7, 11) is 2.09. The molecule has 1 aromatic carbocycles. The molecular formula is C13H20FNO. The molecular weight excluding hydrogens is 205 g/mol. The molecule has 0 saturated carbocycles. The standard InChI is InChI=1S/C10H11NO.C2H6.CH3F/c1-12-11-10-7-6-8-4-2-3-5-9(8)10;2*1-2/h2-5H,6-7H2,1H3;1-2H3;1H3. The van der Waals surface area contributed by atoms with Crippen LogP contribution >= 0.6 is 0 Å². The minimum atomic E-state index is 0.500. The van der Waals surface area contributed by atoms with Crippen LogP contribution in [0.15, 0.2) is 29.4 Å². The second kappa shape index (κ2) is 8.89. The fourth-order valence-electron chi connectivity index (χ4n) is 1.61. The van der Waals surface area contributed by atoms with Crippen LogP contribution in [-0.4, -0.2) is 20.0 Å². The average molecular weight is 225 g/mol. The minimum Gasteiger partial charge on any atom is -0.399 e. The number of rotatable bonds is 1. The molecule has 1 aromatic rings. The summed E-state index contributed by atoms with van der Waals surface area (Å²) in [6, 6.07) is 8.34. The van der Waals surface area contributed by atoms with E-state index in [0.717, 1.165) is 18.6 Å². The average Bonchev–Trinajstić information content (AvgIpc) is 2.79. The summed E-state index contributed by atoms with van der Waals surface area (Å²) in [6.07, 6.45) is 2.10. The normalized spacial score (nSPS) is 14.2. The van der Waals surface area contributed by atoms with Crippen LogP contribution in [0.5, 0.6) is 0 Å². The highest BCUT2D eigenvalue weighted by Gasteiger charge is 2.16. The van der Waals surface area contributed by atoms with Gasteiger partial charge in [0, 0.05) is 5.56 Å². The van der Waals surface area contributed by atoms with Crippen molar-refractivity contribution in [3.05, 3.63) is 35.4 Å². The van der Waals surface area contributed by atoms with E-state index in [1.54, 1.807) is 7.11 Å². The van der Waals surface area contributed by atoms with Gasteiger partial charge in [-0.3, -0.25) is 4.39 Å². The van der Waals surface area contributed by atoms with Crippen LogP contribution in [0.3, 0.4) is 0 Å². The van der Waals surface area contributed by atoms with Gasteiger partial charge in [0.25, 0.3) is 0 Å². The number of halogens is 1. The molecule has 0 heterocycles. The molecule has 1 aliphatic rings. The van der Waals surface area contributed by atoms with Crippen molar-refractivity contribution in [2.24, 2.45) is 5.16 Å². The maximum Gasteiger partial charge on any atom is 0.106 e. The molecule has 0 unspecified atom stereocenters. The Morgan fingerprint density at radius 1 is 1.12 bits per heavy atom. The fraction of sp³-hybridized carbons (Fsp3) is 0.462. The van der Waals surface area contributed by atoms with Gasteiger partial charge in [0.05, 0.1) is 12.9 Å². The molecule has 0 aliphatic heterocycles. The van der Waals surface area contributed by atoms with E-state index in [-0.39, 0.29) is 0 Å². The molecule has 0 bridgehead atoms. The lowest BCUT2D eigenvalue weighted by Gasteiger charge is -1.97. The van der Waals surface area contributed by atoms with Gasteiger partial charge in [0.2, 0.25) is 0 Å². The second-order valence-electron chi connectivity index (χ2n) is 2.88. The number of oxime groups is 1. The lowest BCUT2D eigenvalue weighted by Crippen LogP contribution is -1.94. The number of fused-ring (bicyclic) bond motifs is 1. The van der Waals surface area contributed by atoms with Crippen LogP contribution in [0.4, 0.5) is 4.39 Å². The number of hydrogen-bond donors (Lipinski definition) is 0. The van der Waals surface area contributed by atoms with E-state index in [1.165, 1.54) is 11.1 Å². The van der Waals surface area contributed by atoms with Gasteiger partial charge in [-0.15, -0.1) is 0 Å². The van der Waals surface area contributed by atoms with E-state index in [0.29, 0.717) is 7.18 Å². The lowest BCUT2D eigenvalue weighted by atomic mass is 10.1. The Balaban J connectivity index is 0.000000509. The zero-order chi connectivity index (χ0) is 12.4. The topological polar surface area (TPSA) is 21.6 Å². The van der Waals surface area contributed by atoms with Gasteiger partial charge >= 0.3 is 0 Å². The quantitative estimate of drug-likeness (QED) is 0.669. The number of aryl methyl sites for hydroxylation is 1. The van der Waals surface area contributed by atoms with Gasteiger partial charge in [-0.2, -0.15) is 0 Å². The van der Waals surface area contributed by atoms with Crippen LogP contribution in [0.25, 0.3) is 0 Å². The minimum absolute atomic E-state index is 0.500. The summed E-state index contributed by atoms with van der Waals surface area (Å²) in [5, 5.41) is 3.98. The van der Waals surface area contributed by atoms with E-state index in [1.807, 2.05) is 19.9 Å². The first kappa shape index (κ1) is 14.6. The van der Waals surface area contributed by atoms with Gasteiger partial charge in [-0.05, 0) is 18.4 Å². The SMILES string of the molecule is CC.CF.CON=C1CCc2ccccc21. The molecule has 0 N–H and O–H groups in total. The third kappa shape index (κ3) is 3.65. The maximum atomic E-state index is 9.50. The summed E-state index contributed by atoms with van der Waals surface area (Å²) in [5.41, 5.74) is 3.71. The summed E-state index contributed by atoms with van der Waals surface area (Å²) in [6.45, 7) is 4.00. The number of alkyl halides is 1. The predicted octanol–water partition coefficient (Wildman–Crippen LogP) is 3.60. The van der Waals surface area contributed by atoms with E-state index in [9.17, 15) is 4.39 Å². The second-order valence-corrected chi connectivity index (χ2v) is 2.88. The van der Waals surface area contributed by atoms with Crippen LogP contribution in [0, 0.1) is 0 Å². The molecule has 16 heavy (non-hydrogen) atoms. The zero-order valence-electron chi connectivity index (χ0n) is 10.5. The molecule has 0 saturated heterocycles. The largest absolute Gasteiger partial charge is 0.399 e. The molecule has 0 amide bonds. The van der Waals surface area contributed by atoms with Gasteiger partial charge in [0.15, 0.2) is 0 Å². The van der Waals surface area contributed by atoms with Crippen LogP contribution in [-0.2, 0) is 11.3 Å². The number of hydrogen-bond acceptors (Lipinski definition) is 2. The van der Waals surface area contributed by atoms with E-state index in [4.69, 9.17) is 4.84 Å². The molecule has 2 rings (SSSR count). The molecule has 0 fully saturated rings. The fourth-order valence-corrected chi connectivity index (χ4v) is 1.61. The van der Waals surface area contributed by atoms with Crippen molar-refractivity contribution in [1.29, 1.82) is 0 Å². The van der Waals surface area contributed by atoms with Gasteiger partial charge in [-0.1, -0.05) is 43.3 Å². The Kier molecular flexibility index (Phi) is 8.12. The third-order valence-corrected chi connectivity index (χ3v) is 2.16.